The maximum absolute atomic E-state index is 13.3. The van der Waals surface area contributed by atoms with Crippen LogP contribution in [-0.4, -0.2) is 27.1 Å². The molecule has 1 aliphatic heterocycles. The van der Waals surface area contributed by atoms with E-state index in [4.69, 9.17) is 9.47 Å². The van der Waals surface area contributed by atoms with Gasteiger partial charge in [-0.2, -0.15) is 0 Å². The molecule has 3 aromatic rings. The number of pyridine rings is 1. The fraction of sp³-hybridized carbons (Fsp3) is 0.333. The van der Waals surface area contributed by atoms with Crippen molar-refractivity contribution in [3.8, 4) is 11.6 Å². The van der Waals surface area contributed by atoms with Crippen molar-refractivity contribution >= 4 is 22.3 Å². The van der Waals surface area contributed by atoms with Crippen molar-refractivity contribution in [1.29, 1.82) is 0 Å². The molecule has 2 aromatic carbocycles. The van der Waals surface area contributed by atoms with Gasteiger partial charge in [-0.05, 0) is 75.9 Å². The molecular formula is C27H29NO4. The highest BCUT2D eigenvalue weighted by Gasteiger charge is 2.47. The molecule has 1 N–H and O–H groups in total. The van der Waals surface area contributed by atoms with Crippen LogP contribution in [0.15, 0.2) is 54.3 Å². The molecule has 0 atom stereocenters. The fourth-order valence-corrected chi connectivity index (χ4v) is 4.34. The summed E-state index contributed by atoms with van der Waals surface area (Å²) in [6, 6.07) is 15.4. The third-order valence-electron chi connectivity index (χ3n) is 5.94. The standard InChI is InChI=1S/C27H29NO4/c1-7-17-12-13-18(31-22-14-16(2)19-10-8-9-11-21(19)28-22)15-20(17)23-24(29)26(3,4)32-27(5,6)25(23)30/h8-15,29H,7H2,1-6H3. The zero-order chi connectivity index (χ0) is 23.3. The van der Waals surface area contributed by atoms with Crippen LogP contribution in [-0.2, 0) is 16.0 Å². The van der Waals surface area contributed by atoms with E-state index in [1.54, 1.807) is 27.7 Å². The van der Waals surface area contributed by atoms with Gasteiger partial charge in [0.25, 0.3) is 0 Å². The SMILES string of the molecule is CCc1ccc(Oc2cc(C)c3ccccc3n2)cc1C1=C(O)C(C)(C)OC(C)(C)C1=O. The first kappa shape index (κ1) is 22.0. The zero-order valence-corrected chi connectivity index (χ0v) is 19.4. The summed E-state index contributed by atoms with van der Waals surface area (Å²) in [7, 11) is 0. The maximum atomic E-state index is 13.3. The lowest BCUT2D eigenvalue weighted by Gasteiger charge is -2.40. The van der Waals surface area contributed by atoms with E-state index in [0.29, 0.717) is 23.6 Å². The number of hydrogen-bond donors (Lipinski definition) is 1. The van der Waals surface area contributed by atoms with Gasteiger partial charge in [-0.15, -0.1) is 0 Å². The molecule has 4 rings (SSSR count). The fourth-order valence-electron chi connectivity index (χ4n) is 4.34. The average Bonchev–Trinajstić information content (AvgIpc) is 2.72. The quantitative estimate of drug-likeness (QED) is 0.523. The summed E-state index contributed by atoms with van der Waals surface area (Å²) in [5.74, 6) is 0.720. The number of para-hydroxylation sites is 1. The van der Waals surface area contributed by atoms with E-state index in [2.05, 4.69) is 4.98 Å². The topological polar surface area (TPSA) is 68.7 Å². The van der Waals surface area contributed by atoms with Crippen molar-refractivity contribution in [1.82, 2.24) is 4.98 Å². The van der Waals surface area contributed by atoms with Crippen molar-refractivity contribution in [2.24, 2.45) is 0 Å². The summed E-state index contributed by atoms with van der Waals surface area (Å²) in [5, 5.41) is 12.1. The lowest BCUT2D eigenvalue weighted by atomic mass is 9.81. The molecule has 0 amide bonds. The third-order valence-corrected chi connectivity index (χ3v) is 5.94. The Bertz CT molecular complexity index is 1250. The minimum atomic E-state index is -1.05. The second-order valence-electron chi connectivity index (χ2n) is 9.24. The highest BCUT2D eigenvalue weighted by atomic mass is 16.5. The van der Waals surface area contributed by atoms with Crippen LogP contribution in [0.5, 0.6) is 11.6 Å². The van der Waals surface area contributed by atoms with E-state index in [-0.39, 0.29) is 17.1 Å². The van der Waals surface area contributed by atoms with Gasteiger partial charge in [0.1, 0.15) is 22.7 Å². The number of aromatic nitrogens is 1. The molecule has 0 saturated carbocycles. The number of carbonyl (C=O) groups is 1. The Labute approximate surface area is 188 Å². The van der Waals surface area contributed by atoms with Crippen LogP contribution in [0.25, 0.3) is 16.5 Å². The molecule has 5 heteroatoms. The number of benzene rings is 2. The highest BCUT2D eigenvalue weighted by molar-refractivity contribution is 6.26. The van der Waals surface area contributed by atoms with E-state index in [9.17, 15) is 9.90 Å². The number of rotatable bonds is 4. The molecule has 166 valence electrons. The Morgan fingerprint density at radius 2 is 1.75 bits per heavy atom. The molecule has 0 radical (unpaired) electrons. The molecule has 0 saturated heterocycles. The van der Waals surface area contributed by atoms with Crippen LogP contribution in [0.4, 0.5) is 0 Å². The molecule has 1 aromatic heterocycles. The number of ketones is 1. The van der Waals surface area contributed by atoms with Gasteiger partial charge >= 0.3 is 0 Å². The van der Waals surface area contributed by atoms with E-state index >= 15 is 0 Å². The summed E-state index contributed by atoms with van der Waals surface area (Å²) in [4.78, 5) is 17.9. The number of fused-ring (bicyclic) bond motifs is 1. The van der Waals surface area contributed by atoms with Crippen molar-refractivity contribution in [2.45, 2.75) is 59.2 Å². The number of aliphatic hydroxyl groups excluding tert-OH is 1. The van der Waals surface area contributed by atoms with Crippen LogP contribution < -0.4 is 4.74 Å². The summed E-state index contributed by atoms with van der Waals surface area (Å²) < 4.78 is 12.0. The molecule has 32 heavy (non-hydrogen) atoms. The largest absolute Gasteiger partial charge is 0.508 e. The van der Waals surface area contributed by atoms with Crippen LogP contribution in [0.1, 0.15) is 51.3 Å². The van der Waals surface area contributed by atoms with Crippen molar-refractivity contribution in [3.63, 3.8) is 0 Å². The number of aliphatic hydroxyl groups is 1. The van der Waals surface area contributed by atoms with E-state index in [0.717, 1.165) is 22.0 Å². The van der Waals surface area contributed by atoms with Crippen LogP contribution >= 0.6 is 0 Å². The van der Waals surface area contributed by atoms with Crippen LogP contribution in [0, 0.1) is 6.92 Å². The first-order chi connectivity index (χ1) is 15.0. The number of aryl methyl sites for hydroxylation is 2. The minimum absolute atomic E-state index is 0.0617. The molecule has 1 aliphatic rings. The molecule has 0 unspecified atom stereocenters. The van der Waals surface area contributed by atoms with Gasteiger partial charge in [-0.1, -0.05) is 31.2 Å². The van der Waals surface area contributed by atoms with Crippen molar-refractivity contribution in [2.75, 3.05) is 0 Å². The Morgan fingerprint density at radius 3 is 2.47 bits per heavy atom. The molecule has 0 aliphatic carbocycles. The van der Waals surface area contributed by atoms with Crippen LogP contribution in [0.3, 0.4) is 0 Å². The second kappa shape index (κ2) is 7.75. The second-order valence-corrected chi connectivity index (χ2v) is 9.24. The normalized spacial score (nSPS) is 17.6. The van der Waals surface area contributed by atoms with Gasteiger partial charge in [0.2, 0.25) is 5.88 Å². The lowest BCUT2D eigenvalue weighted by Crippen LogP contribution is -2.49. The summed E-state index contributed by atoms with van der Waals surface area (Å²) >= 11 is 0. The summed E-state index contributed by atoms with van der Waals surface area (Å²) in [5.41, 5.74) is 1.79. The zero-order valence-electron chi connectivity index (χ0n) is 19.4. The minimum Gasteiger partial charge on any atom is -0.508 e. The molecule has 0 bridgehead atoms. The number of ether oxygens (including phenoxy) is 2. The average molecular weight is 432 g/mol. The molecular weight excluding hydrogens is 402 g/mol. The van der Waals surface area contributed by atoms with Crippen LogP contribution in [0.2, 0.25) is 0 Å². The summed E-state index contributed by atoms with van der Waals surface area (Å²) in [6.45, 7) is 11.0. The van der Waals surface area contributed by atoms with Gasteiger partial charge in [-0.3, -0.25) is 4.79 Å². The van der Waals surface area contributed by atoms with E-state index in [1.807, 2.05) is 62.4 Å². The molecule has 2 heterocycles. The van der Waals surface area contributed by atoms with E-state index in [1.165, 1.54) is 0 Å². The smallest absolute Gasteiger partial charge is 0.220 e. The first-order valence-electron chi connectivity index (χ1n) is 10.9. The molecule has 0 spiro atoms. The highest BCUT2D eigenvalue weighted by Crippen LogP contribution is 2.42. The third kappa shape index (κ3) is 3.78. The first-order valence-corrected chi connectivity index (χ1v) is 10.9. The number of hydrogen-bond acceptors (Lipinski definition) is 5. The van der Waals surface area contributed by atoms with Gasteiger partial charge in [0, 0.05) is 11.5 Å². The summed E-state index contributed by atoms with van der Waals surface area (Å²) in [6.07, 6.45) is 0.703. The Morgan fingerprint density at radius 1 is 1.03 bits per heavy atom. The van der Waals surface area contributed by atoms with Gasteiger partial charge in [0.05, 0.1) is 11.1 Å². The van der Waals surface area contributed by atoms with E-state index < -0.39 is 11.2 Å². The molecule has 5 nitrogen and oxygen atoms in total. The van der Waals surface area contributed by atoms with Gasteiger partial charge < -0.3 is 14.6 Å². The molecule has 0 fully saturated rings. The van der Waals surface area contributed by atoms with Gasteiger partial charge in [0.15, 0.2) is 5.78 Å². The monoisotopic (exact) mass is 431 g/mol. The predicted octanol–water partition coefficient (Wildman–Crippen LogP) is 6.32. The number of Topliss-reactive ketones (excluding diaryl/α,β-unsaturated/α-hetero) is 1. The Balaban J connectivity index is 1.81. The number of carbonyl (C=O) groups excluding carboxylic acids is 1. The Hall–Kier alpha value is -3.18. The Kier molecular flexibility index (Phi) is 5.33. The van der Waals surface area contributed by atoms with Crippen molar-refractivity contribution < 1.29 is 19.4 Å². The van der Waals surface area contributed by atoms with Crippen molar-refractivity contribution in [3.05, 3.63) is 71.0 Å². The predicted molar refractivity (Wildman–Crippen MR) is 126 cm³/mol. The number of nitrogens with zero attached hydrogens (tertiary/aromatic N) is 1. The maximum Gasteiger partial charge on any atom is 0.220 e. The lowest BCUT2D eigenvalue weighted by molar-refractivity contribution is -0.158. The van der Waals surface area contributed by atoms with Gasteiger partial charge in [-0.25, -0.2) is 4.98 Å².